The van der Waals surface area contributed by atoms with Gasteiger partial charge in [0.15, 0.2) is 0 Å². The molecule has 2 rings (SSSR count). The van der Waals surface area contributed by atoms with E-state index >= 15 is 0 Å². The van der Waals surface area contributed by atoms with E-state index in [1.807, 2.05) is 24.3 Å². The molecule has 2 aromatic rings. The molecule has 27 heavy (non-hydrogen) atoms. The molecule has 1 atom stereocenters. The molecule has 6 nitrogen and oxygen atoms in total. The quantitative estimate of drug-likeness (QED) is 0.572. The SMILES string of the molecule is COC(=O)[C@H](Cc1ccc(OC)cc1)NC(=O)/C=C\c1ccc(OC)cc1. The van der Waals surface area contributed by atoms with Gasteiger partial charge in [-0.3, -0.25) is 4.79 Å². The van der Waals surface area contributed by atoms with Crippen LogP contribution in [0.2, 0.25) is 0 Å². The minimum absolute atomic E-state index is 0.318. The lowest BCUT2D eigenvalue weighted by Gasteiger charge is -2.15. The zero-order valence-electron chi connectivity index (χ0n) is 15.6. The molecule has 0 aromatic heterocycles. The van der Waals surface area contributed by atoms with Crippen molar-refractivity contribution in [3.63, 3.8) is 0 Å². The van der Waals surface area contributed by atoms with E-state index in [0.29, 0.717) is 6.42 Å². The van der Waals surface area contributed by atoms with E-state index in [4.69, 9.17) is 14.2 Å². The van der Waals surface area contributed by atoms with Crippen molar-refractivity contribution in [1.29, 1.82) is 0 Å². The Morgan fingerprint density at radius 1 is 0.926 bits per heavy atom. The molecule has 0 aliphatic heterocycles. The molecule has 0 aliphatic carbocycles. The van der Waals surface area contributed by atoms with Crippen LogP contribution in [0.3, 0.4) is 0 Å². The third kappa shape index (κ3) is 6.18. The van der Waals surface area contributed by atoms with Crippen LogP contribution in [0.5, 0.6) is 11.5 Å². The standard InChI is InChI=1S/C21H23NO5/c1-25-17-9-4-15(5-10-17)8-13-20(23)22-19(21(24)27-3)14-16-6-11-18(26-2)12-7-16/h4-13,19H,14H2,1-3H3,(H,22,23)/b13-8-/t19-/m0/s1. The lowest BCUT2D eigenvalue weighted by Crippen LogP contribution is -2.42. The number of carbonyl (C=O) groups excluding carboxylic acids is 2. The van der Waals surface area contributed by atoms with E-state index in [-0.39, 0.29) is 5.91 Å². The highest BCUT2D eigenvalue weighted by molar-refractivity contribution is 5.94. The molecule has 1 N–H and O–H groups in total. The van der Waals surface area contributed by atoms with E-state index in [1.54, 1.807) is 44.6 Å². The number of methoxy groups -OCH3 is 3. The normalized spacial score (nSPS) is 11.7. The van der Waals surface area contributed by atoms with Crippen molar-refractivity contribution in [3.05, 3.63) is 65.7 Å². The topological polar surface area (TPSA) is 73.9 Å². The Labute approximate surface area is 158 Å². The van der Waals surface area contributed by atoms with Gasteiger partial charge >= 0.3 is 5.97 Å². The first-order valence-corrected chi connectivity index (χ1v) is 8.39. The van der Waals surface area contributed by atoms with Crippen LogP contribution < -0.4 is 14.8 Å². The maximum atomic E-state index is 12.2. The first kappa shape index (κ1) is 20.0. The van der Waals surface area contributed by atoms with Gasteiger partial charge in [0.1, 0.15) is 17.5 Å². The molecule has 0 aliphatic rings. The third-order valence-electron chi connectivity index (χ3n) is 3.94. The number of hydrogen-bond acceptors (Lipinski definition) is 5. The molecule has 0 unspecified atom stereocenters. The smallest absolute Gasteiger partial charge is 0.328 e. The highest BCUT2D eigenvalue weighted by atomic mass is 16.5. The molecule has 0 fully saturated rings. The maximum absolute atomic E-state index is 12.2. The van der Waals surface area contributed by atoms with E-state index in [1.165, 1.54) is 13.2 Å². The second-order valence-corrected chi connectivity index (χ2v) is 5.74. The zero-order valence-corrected chi connectivity index (χ0v) is 15.6. The summed E-state index contributed by atoms with van der Waals surface area (Å²) in [4.78, 5) is 24.2. The summed E-state index contributed by atoms with van der Waals surface area (Å²) in [5, 5.41) is 2.68. The van der Waals surface area contributed by atoms with Crippen molar-refractivity contribution in [2.24, 2.45) is 0 Å². The molecule has 0 bridgehead atoms. The first-order chi connectivity index (χ1) is 13.0. The van der Waals surface area contributed by atoms with Gasteiger partial charge in [-0.25, -0.2) is 4.79 Å². The van der Waals surface area contributed by atoms with Crippen molar-refractivity contribution in [3.8, 4) is 11.5 Å². The summed E-state index contributed by atoms with van der Waals surface area (Å²) in [5.74, 6) is 0.577. The van der Waals surface area contributed by atoms with Gasteiger partial charge < -0.3 is 19.5 Å². The third-order valence-corrected chi connectivity index (χ3v) is 3.94. The summed E-state index contributed by atoms with van der Waals surface area (Å²) in [7, 11) is 4.47. The second kappa shape index (κ2) is 10.0. The number of hydrogen-bond donors (Lipinski definition) is 1. The maximum Gasteiger partial charge on any atom is 0.328 e. The van der Waals surface area contributed by atoms with E-state index in [0.717, 1.165) is 22.6 Å². The highest BCUT2D eigenvalue weighted by Gasteiger charge is 2.21. The lowest BCUT2D eigenvalue weighted by atomic mass is 10.1. The van der Waals surface area contributed by atoms with E-state index in [9.17, 15) is 9.59 Å². The number of ether oxygens (including phenoxy) is 3. The van der Waals surface area contributed by atoms with Gasteiger partial charge in [0.25, 0.3) is 0 Å². The zero-order chi connectivity index (χ0) is 19.6. The Morgan fingerprint density at radius 3 is 2.00 bits per heavy atom. The van der Waals surface area contributed by atoms with Crippen LogP contribution >= 0.6 is 0 Å². The molecular formula is C21H23NO5. The van der Waals surface area contributed by atoms with Crippen molar-refractivity contribution in [2.45, 2.75) is 12.5 Å². The Kier molecular flexibility index (Phi) is 7.43. The molecule has 142 valence electrons. The predicted octanol–water partition coefficient (Wildman–Crippen LogP) is 2.62. The van der Waals surface area contributed by atoms with E-state index < -0.39 is 12.0 Å². The number of nitrogens with one attached hydrogen (secondary N) is 1. The van der Waals surface area contributed by atoms with Gasteiger partial charge in [0.05, 0.1) is 21.3 Å². The Balaban J connectivity index is 2.01. The fourth-order valence-corrected chi connectivity index (χ4v) is 2.44. The minimum atomic E-state index is -0.781. The molecule has 0 saturated heterocycles. The van der Waals surface area contributed by atoms with Gasteiger partial charge in [-0.2, -0.15) is 0 Å². The van der Waals surface area contributed by atoms with Gasteiger partial charge in [-0.1, -0.05) is 24.3 Å². The van der Waals surface area contributed by atoms with Crippen LogP contribution in [-0.4, -0.2) is 39.2 Å². The monoisotopic (exact) mass is 369 g/mol. The number of esters is 1. The van der Waals surface area contributed by atoms with Gasteiger partial charge in [-0.15, -0.1) is 0 Å². The van der Waals surface area contributed by atoms with Crippen LogP contribution in [0, 0.1) is 0 Å². The van der Waals surface area contributed by atoms with Crippen LogP contribution in [-0.2, 0) is 20.7 Å². The highest BCUT2D eigenvalue weighted by Crippen LogP contribution is 2.14. The van der Waals surface area contributed by atoms with Crippen molar-refractivity contribution < 1.29 is 23.8 Å². The summed E-state index contributed by atoms with van der Waals surface area (Å²) < 4.78 is 15.0. The Hall–Kier alpha value is -3.28. The van der Waals surface area contributed by atoms with Crippen LogP contribution in [0.1, 0.15) is 11.1 Å². The molecule has 1 amide bonds. The molecule has 0 heterocycles. The molecular weight excluding hydrogens is 346 g/mol. The van der Waals surface area contributed by atoms with Crippen LogP contribution in [0.4, 0.5) is 0 Å². The van der Waals surface area contributed by atoms with Crippen molar-refractivity contribution >= 4 is 18.0 Å². The lowest BCUT2D eigenvalue weighted by molar-refractivity contribution is -0.144. The number of amides is 1. The number of rotatable bonds is 8. The Morgan fingerprint density at radius 2 is 1.48 bits per heavy atom. The molecule has 6 heteroatoms. The average molecular weight is 369 g/mol. The molecule has 0 radical (unpaired) electrons. The van der Waals surface area contributed by atoms with Crippen molar-refractivity contribution in [1.82, 2.24) is 5.32 Å². The van der Waals surface area contributed by atoms with E-state index in [2.05, 4.69) is 5.32 Å². The molecule has 2 aromatic carbocycles. The largest absolute Gasteiger partial charge is 0.497 e. The summed E-state index contributed by atoms with van der Waals surface area (Å²) in [6.45, 7) is 0. The second-order valence-electron chi connectivity index (χ2n) is 5.74. The van der Waals surface area contributed by atoms with Gasteiger partial charge in [0.2, 0.25) is 5.91 Å². The average Bonchev–Trinajstić information content (AvgIpc) is 2.72. The van der Waals surface area contributed by atoms with Crippen LogP contribution in [0.25, 0.3) is 6.08 Å². The summed E-state index contributed by atoms with van der Waals surface area (Å²) in [6.07, 6.45) is 3.36. The number of benzene rings is 2. The summed E-state index contributed by atoms with van der Waals surface area (Å²) in [5.41, 5.74) is 1.72. The summed E-state index contributed by atoms with van der Waals surface area (Å²) in [6, 6.07) is 13.8. The molecule has 0 saturated carbocycles. The fraction of sp³-hybridized carbons (Fsp3) is 0.238. The van der Waals surface area contributed by atoms with Gasteiger partial charge in [-0.05, 0) is 41.5 Å². The Bertz CT molecular complexity index is 781. The van der Waals surface area contributed by atoms with Crippen molar-refractivity contribution in [2.75, 3.05) is 21.3 Å². The molecule has 0 spiro atoms. The summed E-state index contributed by atoms with van der Waals surface area (Å²) >= 11 is 0. The fourth-order valence-electron chi connectivity index (χ4n) is 2.44. The first-order valence-electron chi connectivity index (χ1n) is 8.39. The van der Waals surface area contributed by atoms with Crippen LogP contribution in [0.15, 0.2) is 54.6 Å². The van der Waals surface area contributed by atoms with Gasteiger partial charge in [0, 0.05) is 12.5 Å². The number of carbonyl (C=O) groups is 2. The predicted molar refractivity (Wildman–Crippen MR) is 103 cm³/mol. The minimum Gasteiger partial charge on any atom is -0.497 e.